The maximum atomic E-state index is 12.1. The van der Waals surface area contributed by atoms with Gasteiger partial charge in [0.2, 0.25) is 0 Å². The molecule has 2 aliphatic heterocycles. The van der Waals surface area contributed by atoms with E-state index < -0.39 is 89.2 Å². The van der Waals surface area contributed by atoms with E-state index in [1.54, 1.807) is 0 Å². The van der Waals surface area contributed by atoms with Crippen LogP contribution in [0.2, 0.25) is 0 Å². The van der Waals surface area contributed by atoms with E-state index in [4.69, 9.17) is 14.6 Å². The zero-order chi connectivity index (χ0) is 26.1. The summed E-state index contributed by atoms with van der Waals surface area (Å²) >= 11 is 0. The average Bonchev–Trinajstić information content (AvgIpc) is 3.24. The first-order chi connectivity index (χ1) is 16.2. The molecule has 0 radical (unpaired) electrons. The van der Waals surface area contributed by atoms with Gasteiger partial charge in [0.15, 0.2) is 12.5 Å². The predicted molar refractivity (Wildman–Crippen MR) is 107 cm³/mol. The maximum absolute atomic E-state index is 12.1. The number of ether oxygens (including phenoxy) is 2. The first kappa shape index (κ1) is 28.2. The van der Waals surface area contributed by atoms with Crippen molar-refractivity contribution in [1.29, 1.82) is 0 Å². The van der Waals surface area contributed by atoms with Crippen LogP contribution in [-0.2, 0) is 32.0 Å². The molecule has 1 aromatic rings. The molecule has 0 aromatic carbocycles. The van der Waals surface area contributed by atoms with Crippen molar-refractivity contribution >= 4 is 15.6 Å². The highest BCUT2D eigenvalue weighted by molar-refractivity contribution is 7.61. The Morgan fingerprint density at radius 2 is 1.83 bits per heavy atom. The Balaban J connectivity index is 1.58. The number of rotatable bonds is 10. The number of aliphatic hydroxyl groups is 5. The molecule has 200 valence electrons. The SMILES string of the molecule is O=c1ccn([C@@H]2O[C@H](COP(=O)(O)OP(=O)(O)O[C@H]3O[C@@H]([C@H](O)CO)C[C@H]3O)[C@@H](O)[C@H]2O)c(=O)[nH]1. The molecule has 35 heavy (non-hydrogen) atoms. The molecule has 8 N–H and O–H groups in total. The number of aromatic nitrogens is 2. The number of phosphoric acid groups is 2. The molecule has 0 saturated carbocycles. The van der Waals surface area contributed by atoms with Crippen LogP contribution in [-0.4, -0.2) is 101 Å². The van der Waals surface area contributed by atoms with E-state index in [-0.39, 0.29) is 6.42 Å². The summed E-state index contributed by atoms with van der Waals surface area (Å²) < 4.78 is 48.3. The summed E-state index contributed by atoms with van der Waals surface area (Å²) in [6.07, 6.45) is -11.9. The Kier molecular flexibility index (Phi) is 8.84. The van der Waals surface area contributed by atoms with E-state index in [9.17, 15) is 48.9 Å². The largest absolute Gasteiger partial charge is 0.483 e. The van der Waals surface area contributed by atoms with Gasteiger partial charge in [-0.05, 0) is 0 Å². The maximum Gasteiger partial charge on any atom is 0.483 e. The molecule has 2 unspecified atom stereocenters. The summed E-state index contributed by atoms with van der Waals surface area (Å²) in [7, 11) is -10.8. The molecule has 0 bridgehead atoms. The molecule has 18 nitrogen and oxygen atoms in total. The van der Waals surface area contributed by atoms with Gasteiger partial charge in [0.1, 0.15) is 30.5 Å². The van der Waals surface area contributed by atoms with E-state index in [0.717, 1.165) is 16.8 Å². The van der Waals surface area contributed by atoms with Gasteiger partial charge in [-0.15, -0.1) is 0 Å². The quantitative estimate of drug-likeness (QED) is 0.130. The average molecular weight is 550 g/mol. The Morgan fingerprint density at radius 3 is 2.46 bits per heavy atom. The van der Waals surface area contributed by atoms with Gasteiger partial charge >= 0.3 is 21.3 Å². The summed E-state index contributed by atoms with van der Waals surface area (Å²) in [6, 6.07) is 0.944. The van der Waals surface area contributed by atoms with Gasteiger partial charge < -0.3 is 44.8 Å². The Labute approximate surface area is 195 Å². The van der Waals surface area contributed by atoms with Crippen molar-refractivity contribution < 1.29 is 67.3 Å². The molecule has 3 heterocycles. The number of aliphatic hydroxyl groups excluding tert-OH is 5. The normalized spacial score (nSPS) is 35.5. The molecule has 2 fully saturated rings. The van der Waals surface area contributed by atoms with Gasteiger partial charge in [-0.3, -0.25) is 23.4 Å². The molecule has 2 saturated heterocycles. The molecule has 0 amide bonds. The third-order valence-corrected chi connectivity index (χ3v) is 7.62. The van der Waals surface area contributed by atoms with Crippen LogP contribution in [0.3, 0.4) is 0 Å². The lowest BCUT2D eigenvalue weighted by atomic mass is 10.1. The van der Waals surface area contributed by atoms with Crippen molar-refractivity contribution in [2.24, 2.45) is 0 Å². The number of hydrogen-bond donors (Lipinski definition) is 8. The lowest BCUT2D eigenvalue weighted by Gasteiger charge is -2.22. The van der Waals surface area contributed by atoms with E-state index in [2.05, 4.69) is 13.4 Å². The van der Waals surface area contributed by atoms with Crippen molar-refractivity contribution in [2.45, 2.75) is 55.6 Å². The first-order valence-electron chi connectivity index (χ1n) is 9.88. The standard InChI is InChI=1S/C15H24N2O16P2/c18-4-7(20)8-3-6(19)14(31-8)32-35(27,28)33-34(25,26)29-5-9-11(22)12(23)13(30-9)17-2-1-10(21)16-15(17)24/h1-2,6-9,11-14,18-20,22-23H,3-5H2,(H,25,26)(H,27,28)(H,16,21,24)/t6-,7-,8-,9-,11-,12-,13-,14-/m1/s1. The van der Waals surface area contributed by atoms with Gasteiger partial charge in [0.05, 0.1) is 19.3 Å². The van der Waals surface area contributed by atoms with Crippen molar-refractivity contribution in [3.63, 3.8) is 0 Å². The Morgan fingerprint density at radius 1 is 1.14 bits per heavy atom. The molecule has 10 atom stereocenters. The third-order valence-electron chi connectivity index (χ3n) is 5.02. The summed E-state index contributed by atoms with van der Waals surface area (Å²) in [6.45, 7) is -1.72. The van der Waals surface area contributed by atoms with Crippen molar-refractivity contribution in [3.05, 3.63) is 33.1 Å². The molecule has 3 rings (SSSR count). The van der Waals surface area contributed by atoms with Crippen molar-refractivity contribution in [1.82, 2.24) is 9.55 Å². The minimum absolute atomic E-state index is 0.293. The Bertz CT molecular complexity index is 1090. The van der Waals surface area contributed by atoms with Crippen molar-refractivity contribution in [3.8, 4) is 0 Å². The van der Waals surface area contributed by atoms with Crippen LogP contribution < -0.4 is 11.2 Å². The summed E-state index contributed by atoms with van der Waals surface area (Å²) in [4.78, 5) is 44.5. The van der Waals surface area contributed by atoms with Gasteiger partial charge in [0.25, 0.3) is 5.56 Å². The number of phosphoric ester groups is 2. The zero-order valence-electron chi connectivity index (χ0n) is 17.5. The van der Waals surface area contributed by atoms with Crippen LogP contribution in [0, 0.1) is 0 Å². The van der Waals surface area contributed by atoms with E-state index in [0.29, 0.717) is 0 Å². The topological polar surface area (TPSA) is 277 Å². The van der Waals surface area contributed by atoms with Crippen molar-refractivity contribution in [2.75, 3.05) is 13.2 Å². The van der Waals surface area contributed by atoms with E-state index in [1.807, 2.05) is 4.98 Å². The van der Waals surface area contributed by atoms with Crippen LogP contribution in [0.15, 0.2) is 21.9 Å². The zero-order valence-corrected chi connectivity index (χ0v) is 19.3. The molecular weight excluding hydrogens is 526 g/mol. The smallest absolute Gasteiger partial charge is 0.394 e. The number of hydrogen-bond acceptors (Lipinski definition) is 14. The van der Waals surface area contributed by atoms with E-state index in [1.165, 1.54) is 0 Å². The van der Waals surface area contributed by atoms with Crippen LogP contribution in [0.25, 0.3) is 0 Å². The summed E-state index contributed by atoms with van der Waals surface area (Å²) in [5.74, 6) is 0. The van der Waals surface area contributed by atoms with Crippen LogP contribution >= 0.6 is 15.6 Å². The van der Waals surface area contributed by atoms with Crippen LogP contribution in [0.4, 0.5) is 0 Å². The lowest BCUT2D eigenvalue weighted by Crippen LogP contribution is -2.37. The fourth-order valence-corrected chi connectivity index (χ4v) is 5.50. The second-order valence-electron chi connectivity index (χ2n) is 7.58. The fraction of sp³-hybridized carbons (Fsp3) is 0.733. The highest BCUT2D eigenvalue weighted by Crippen LogP contribution is 2.61. The van der Waals surface area contributed by atoms with Gasteiger partial charge in [-0.2, -0.15) is 4.31 Å². The molecule has 0 aliphatic carbocycles. The number of nitrogens with zero attached hydrogens (tertiary/aromatic N) is 1. The van der Waals surface area contributed by atoms with Gasteiger partial charge in [0, 0.05) is 18.7 Å². The van der Waals surface area contributed by atoms with Gasteiger partial charge in [-0.25, -0.2) is 13.9 Å². The van der Waals surface area contributed by atoms with Gasteiger partial charge in [-0.1, -0.05) is 0 Å². The monoisotopic (exact) mass is 550 g/mol. The molecule has 1 aromatic heterocycles. The Hall–Kier alpha value is -1.34. The lowest BCUT2D eigenvalue weighted by molar-refractivity contribution is -0.142. The fourth-order valence-electron chi connectivity index (χ4n) is 3.32. The first-order valence-corrected chi connectivity index (χ1v) is 12.9. The minimum Gasteiger partial charge on any atom is -0.394 e. The number of aromatic amines is 1. The summed E-state index contributed by atoms with van der Waals surface area (Å²) in [5, 5.41) is 48.5. The second-order valence-corrected chi connectivity index (χ2v) is 10.6. The molecule has 20 heteroatoms. The highest BCUT2D eigenvalue weighted by atomic mass is 31.3. The highest BCUT2D eigenvalue weighted by Gasteiger charge is 2.47. The number of H-pyrrole nitrogens is 1. The van der Waals surface area contributed by atoms with E-state index >= 15 is 0 Å². The molecular formula is C15H24N2O16P2. The third kappa shape index (κ3) is 6.91. The van der Waals surface area contributed by atoms with Crippen LogP contribution in [0.5, 0.6) is 0 Å². The van der Waals surface area contributed by atoms with Crippen LogP contribution in [0.1, 0.15) is 12.6 Å². The second kappa shape index (κ2) is 11.0. The number of nitrogens with one attached hydrogen (secondary N) is 1. The minimum atomic E-state index is -5.42. The summed E-state index contributed by atoms with van der Waals surface area (Å²) in [5.41, 5.74) is -1.71. The predicted octanol–water partition coefficient (Wildman–Crippen LogP) is -3.76. The molecule has 2 aliphatic rings. The molecule has 0 spiro atoms.